The molecule has 1 aliphatic heterocycles. The maximum Gasteiger partial charge on any atom is 0.254 e. The minimum atomic E-state index is -0.201. The van der Waals surface area contributed by atoms with Gasteiger partial charge in [0.2, 0.25) is 0 Å². The van der Waals surface area contributed by atoms with E-state index >= 15 is 0 Å². The second kappa shape index (κ2) is 8.58. The zero-order valence-electron chi connectivity index (χ0n) is 18.2. The predicted octanol–water partition coefficient (Wildman–Crippen LogP) is 5.03. The molecule has 1 saturated heterocycles. The van der Waals surface area contributed by atoms with E-state index in [1.54, 1.807) is 12.1 Å². The van der Waals surface area contributed by atoms with Crippen LogP contribution in [0, 0.1) is 12.8 Å². The molecule has 0 radical (unpaired) electrons. The van der Waals surface area contributed by atoms with Crippen molar-refractivity contribution in [2.45, 2.75) is 45.1 Å². The van der Waals surface area contributed by atoms with Crippen molar-refractivity contribution < 1.29 is 9.59 Å². The summed E-state index contributed by atoms with van der Waals surface area (Å²) in [5, 5.41) is 3.80. The molecule has 0 spiro atoms. The molecule has 2 amide bonds. The van der Waals surface area contributed by atoms with Gasteiger partial charge in [-0.3, -0.25) is 9.59 Å². The van der Waals surface area contributed by atoms with Gasteiger partial charge in [-0.2, -0.15) is 0 Å². The van der Waals surface area contributed by atoms with Crippen molar-refractivity contribution in [3.05, 3.63) is 63.9 Å². The van der Waals surface area contributed by atoms with E-state index in [0.717, 1.165) is 54.8 Å². The van der Waals surface area contributed by atoms with Crippen LogP contribution >= 0.6 is 11.6 Å². The molecule has 2 aromatic carbocycles. The fraction of sp³-hybridized carbons (Fsp3) is 0.400. The van der Waals surface area contributed by atoms with Crippen LogP contribution in [0.25, 0.3) is 11.0 Å². The molecule has 1 aromatic heterocycles. The molecule has 1 atom stereocenters. The van der Waals surface area contributed by atoms with Gasteiger partial charge in [-0.1, -0.05) is 24.4 Å². The van der Waals surface area contributed by atoms with Crippen LogP contribution in [0.2, 0.25) is 5.02 Å². The first kappa shape index (κ1) is 21.0. The van der Waals surface area contributed by atoms with E-state index in [2.05, 4.69) is 10.3 Å². The van der Waals surface area contributed by atoms with Crippen molar-refractivity contribution in [1.82, 2.24) is 20.2 Å². The van der Waals surface area contributed by atoms with E-state index in [-0.39, 0.29) is 17.9 Å². The number of aromatic amines is 1. The van der Waals surface area contributed by atoms with E-state index in [0.29, 0.717) is 22.1 Å². The summed E-state index contributed by atoms with van der Waals surface area (Å²) < 4.78 is 0. The third kappa shape index (κ3) is 4.37. The summed E-state index contributed by atoms with van der Waals surface area (Å²) in [5.74, 6) is 1.26. The number of benzene rings is 2. The average Bonchev–Trinajstić information content (AvgIpc) is 3.25. The molecule has 2 aliphatic rings. The zero-order valence-corrected chi connectivity index (χ0v) is 18.9. The number of fused-ring (bicyclic) bond motifs is 1. The number of hydrogen-bond donors (Lipinski definition) is 2. The summed E-state index contributed by atoms with van der Waals surface area (Å²) in [6.45, 7) is 3.52. The Bertz CT molecular complexity index is 1180. The van der Waals surface area contributed by atoms with Crippen LogP contribution in [0.15, 0.2) is 36.4 Å². The Balaban J connectivity index is 1.36. The highest BCUT2D eigenvalue weighted by atomic mass is 35.5. The minimum absolute atomic E-state index is 0.0551. The number of nitrogens with one attached hydrogen (secondary N) is 2. The van der Waals surface area contributed by atoms with Crippen molar-refractivity contribution in [2.24, 2.45) is 5.92 Å². The first-order valence-corrected chi connectivity index (χ1v) is 11.7. The van der Waals surface area contributed by atoms with Gasteiger partial charge >= 0.3 is 0 Å². The molecule has 166 valence electrons. The van der Waals surface area contributed by atoms with Crippen LogP contribution in [0.1, 0.15) is 70.2 Å². The van der Waals surface area contributed by atoms with E-state index < -0.39 is 0 Å². The van der Waals surface area contributed by atoms with Gasteiger partial charge in [-0.05, 0) is 74.1 Å². The molecule has 5 rings (SSSR count). The number of rotatable bonds is 6. The maximum atomic E-state index is 13.1. The van der Waals surface area contributed by atoms with Crippen LogP contribution in [0.3, 0.4) is 0 Å². The third-order valence-corrected chi connectivity index (χ3v) is 6.71. The first-order valence-electron chi connectivity index (χ1n) is 11.3. The molecule has 2 N–H and O–H groups in total. The second-order valence-corrected chi connectivity index (χ2v) is 9.45. The molecule has 6 nitrogen and oxygen atoms in total. The average molecular weight is 451 g/mol. The van der Waals surface area contributed by atoms with E-state index in [1.165, 1.54) is 12.8 Å². The topological polar surface area (TPSA) is 78.1 Å². The quantitative estimate of drug-likeness (QED) is 0.552. The van der Waals surface area contributed by atoms with Crippen LogP contribution in [0.4, 0.5) is 0 Å². The lowest BCUT2D eigenvalue weighted by atomic mass is 10.0. The number of imidazole rings is 1. The van der Waals surface area contributed by atoms with Gasteiger partial charge in [-0.25, -0.2) is 4.98 Å². The first-order chi connectivity index (χ1) is 15.5. The number of halogens is 1. The molecule has 32 heavy (non-hydrogen) atoms. The van der Waals surface area contributed by atoms with Gasteiger partial charge in [0.25, 0.3) is 11.8 Å². The Kier molecular flexibility index (Phi) is 5.64. The van der Waals surface area contributed by atoms with Gasteiger partial charge < -0.3 is 15.2 Å². The van der Waals surface area contributed by atoms with Crippen LogP contribution in [0.5, 0.6) is 0 Å². The number of carbonyl (C=O) groups is 2. The van der Waals surface area contributed by atoms with Crippen LogP contribution < -0.4 is 5.32 Å². The van der Waals surface area contributed by atoms with Crippen molar-refractivity contribution in [3.8, 4) is 0 Å². The largest absolute Gasteiger partial charge is 0.342 e. The molecule has 3 aromatic rings. The fourth-order valence-electron chi connectivity index (χ4n) is 4.47. The summed E-state index contributed by atoms with van der Waals surface area (Å²) in [6.07, 6.45) is 5.34. The highest BCUT2D eigenvalue weighted by Crippen LogP contribution is 2.37. The highest BCUT2D eigenvalue weighted by Gasteiger charge is 2.29. The van der Waals surface area contributed by atoms with E-state index in [1.807, 2.05) is 36.1 Å². The number of amides is 2. The zero-order chi connectivity index (χ0) is 22.2. The van der Waals surface area contributed by atoms with Gasteiger partial charge in [0.05, 0.1) is 17.1 Å². The molecule has 0 unspecified atom stereocenters. The number of aromatic nitrogens is 2. The van der Waals surface area contributed by atoms with Gasteiger partial charge in [0.1, 0.15) is 5.82 Å². The molecule has 1 saturated carbocycles. The molecular formula is C25H27ClN4O2. The standard InChI is InChI=1S/C25H27ClN4O2/c1-15-12-17(6-8-19(15)25(32)30-10-2-3-11-30)24(31)29-22(13-16-4-5-16)23-27-20-9-7-18(26)14-21(20)28-23/h6-9,12,14,16,22H,2-5,10-11,13H2,1H3,(H,27,28)(H,29,31)/t22-/m0/s1. The number of hydrogen-bond acceptors (Lipinski definition) is 3. The third-order valence-electron chi connectivity index (χ3n) is 6.48. The summed E-state index contributed by atoms with van der Waals surface area (Å²) in [4.78, 5) is 35.8. The number of H-pyrrole nitrogens is 1. The monoisotopic (exact) mass is 450 g/mol. The number of aryl methyl sites for hydroxylation is 1. The summed E-state index contributed by atoms with van der Waals surface area (Å²) in [6, 6.07) is 10.7. The van der Waals surface area contributed by atoms with Gasteiger partial charge in [-0.15, -0.1) is 0 Å². The van der Waals surface area contributed by atoms with Crippen LogP contribution in [-0.2, 0) is 0 Å². The van der Waals surface area contributed by atoms with Gasteiger partial charge in [0.15, 0.2) is 0 Å². The number of likely N-dealkylation sites (tertiary alicyclic amines) is 1. The fourth-order valence-corrected chi connectivity index (χ4v) is 4.63. The van der Waals surface area contributed by atoms with Gasteiger partial charge in [0, 0.05) is 29.2 Å². The van der Waals surface area contributed by atoms with Crippen molar-refractivity contribution in [3.63, 3.8) is 0 Å². The lowest BCUT2D eigenvalue weighted by Gasteiger charge is -2.19. The predicted molar refractivity (Wildman–Crippen MR) is 125 cm³/mol. The Morgan fingerprint density at radius 2 is 1.97 bits per heavy atom. The molecule has 1 aliphatic carbocycles. The number of nitrogens with zero attached hydrogens (tertiary/aromatic N) is 2. The summed E-state index contributed by atoms with van der Waals surface area (Å²) in [7, 11) is 0. The van der Waals surface area contributed by atoms with E-state index in [9.17, 15) is 9.59 Å². The highest BCUT2D eigenvalue weighted by molar-refractivity contribution is 6.31. The number of carbonyl (C=O) groups excluding carboxylic acids is 2. The van der Waals surface area contributed by atoms with Crippen molar-refractivity contribution in [1.29, 1.82) is 0 Å². The lowest BCUT2D eigenvalue weighted by Crippen LogP contribution is -2.30. The Morgan fingerprint density at radius 1 is 1.19 bits per heavy atom. The second-order valence-electron chi connectivity index (χ2n) is 9.02. The van der Waals surface area contributed by atoms with Crippen molar-refractivity contribution >= 4 is 34.4 Å². The van der Waals surface area contributed by atoms with Crippen molar-refractivity contribution in [2.75, 3.05) is 13.1 Å². The smallest absolute Gasteiger partial charge is 0.254 e. The molecule has 2 fully saturated rings. The normalized spacial score (nSPS) is 17.0. The molecule has 0 bridgehead atoms. The van der Waals surface area contributed by atoms with E-state index in [4.69, 9.17) is 16.6 Å². The maximum absolute atomic E-state index is 13.1. The summed E-state index contributed by atoms with van der Waals surface area (Å²) >= 11 is 6.11. The van der Waals surface area contributed by atoms with Crippen LogP contribution in [-0.4, -0.2) is 39.8 Å². The summed E-state index contributed by atoms with van der Waals surface area (Å²) in [5.41, 5.74) is 3.75. The lowest BCUT2D eigenvalue weighted by molar-refractivity contribution is 0.0791. The molecule has 2 heterocycles. The minimum Gasteiger partial charge on any atom is -0.342 e. The Hall–Kier alpha value is -2.86. The molecular weight excluding hydrogens is 424 g/mol. The Labute approximate surface area is 192 Å². The molecule has 7 heteroatoms. The SMILES string of the molecule is Cc1cc(C(=O)N[C@@H](CC2CC2)c2nc3cc(Cl)ccc3[nH]2)ccc1C(=O)N1CCCC1. The Morgan fingerprint density at radius 3 is 2.69 bits per heavy atom.